The molecule has 1 aliphatic heterocycles. The molecule has 1 saturated heterocycles. The highest BCUT2D eigenvalue weighted by atomic mass is 32.1. The number of anilines is 1. The number of ketones is 1. The lowest BCUT2D eigenvalue weighted by atomic mass is 9.96. The van der Waals surface area contributed by atoms with Crippen molar-refractivity contribution in [1.82, 2.24) is 9.97 Å². The van der Waals surface area contributed by atoms with Gasteiger partial charge in [-0.2, -0.15) is 0 Å². The van der Waals surface area contributed by atoms with Crippen LogP contribution in [0.3, 0.4) is 0 Å². The van der Waals surface area contributed by atoms with Crippen LogP contribution in [0.1, 0.15) is 29.7 Å². The Hall–Kier alpha value is -4.11. The molecule has 2 aromatic carbocycles. The van der Waals surface area contributed by atoms with E-state index in [1.165, 1.54) is 40.6 Å². The van der Waals surface area contributed by atoms with Crippen LogP contribution >= 0.6 is 11.3 Å². The Labute approximate surface area is 204 Å². The average molecular weight is 490 g/mol. The Kier molecular flexibility index (Phi) is 5.78. The SMILES string of the molecule is CCOc1ccc2nc(N3C(=O)C(=O)/C(=C(/O)c4ccc(F)c(C)c4)C3c3cccnc3)sc2c1. The molecule has 4 aromatic rings. The first-order chi connectivity index (χ1) is 16.9. The number of ether oxygens (including phenoxy) is 1. The number of hydrogen-bond acceptors (Lipinski definition) is 7. The lowest BCUT2D eigenvalue weighted by Crippen LogP contribution is -2.29. The Morgan fingerprint density at radius 3 is 2.74 bits per heavy atom. The van der Waals surface area contributed by atoms with E-state index in [4.69, 9.17) is 4.74 Å². The number of aromatic nitrogens is 2. The van der Waals surface area contributed by atoms with Gasteiger partial charge in [-0.15, -0.1) is 0 Å². The number of aliphatic hydroxyl groups excluding tert-OH is 1. The Bertz CT molecular complexity index is 1500. The van der Waals surface area contributed by atoms with Gasteiger partial charge in [0.25, 0.3) is 5.78 Å². The van der Waals surface area contributed by atoms with Gasteiger partial charge in [0.05, 0.1) is 28.4 Å². The van der Waals surface area contributed by atoms with Gasteiger partial charge in [-0.25, -0.2) is 9.37 Å². The predicted octanol–water partition coefficient (Wildman–Crippen LogP) is 5.16. The number of pyridine rings is 1. The van der Waals surface area contributed by atoms with Crippen molar-refractivity contribution < 1.29 is 23.8 Å². The molecule has 0 spiro atoms. The third kappa shape index (κ3) is 3.93. The van der Waals surface area contributed by atoms with E-state index < -0.39 is 23.5 Å². The van der Waals surface area contributed by atoms with Gasteiger partial charge in [0.15, 0.2) is 5.13 Å². The molecule has 2 aromatic heterocycles. The number of halogens is 1. The highest BCUT2D eigenvalue weighted by Gasteiger charge is 2.48. The van der Waals surface area contributed by atoms with Crippen LogP contribution in [0.25, 0.3) is 16.0 Å². The molecule has 1 unspecified atom stereocenters. The van der Waals surface area contributed by atoms with E-state index in [9.17, 15) is 19.1 Å². The molecule has 1 fully saturated rings. The van der Waals surface area contributed by atoms with Crippen LogP contribution in [0.4, 0.5) is 9.52 Å². The Morgan fingerprint density at radius 2 is 2.03 bits per heavy atom. The van der Waals surface area contributed by atoms with Crippen molar-refractivity contribution in [3.8, 4) is 5.75 Å². The minimum Gasteiger partial charge on any atom is -0.507 e. The summed E-state index contributed by atoms with van der Waals surface area (Å²) in [6.45, 7) is 3.95. The van der Waals surface area contributed by atoms with Crippen molar-refractivity contribution in [2.75, 3.05) is 11.5 Å². The van der Waals surface area contributed by atoms with Crippen LogP contribution in [0.2, 0.25) is 0 Å². The monoisotopic (exact) mass is 489 g/mol. The number of aryl methyl sites for hydroxylation is 1. The number of hydrogen-bond donors (Lipinski definition) is 1. The molecule has 7 nitrogen and oxygen atoms in total. The summed E-state index contributed by atoms with van der Waals surface area (Å²) in [4.78, 5) is 36.6. The number of thiazole rings is 1. The van der Waals surface area contributed by atoms with E-state index in [0.717, 1.165) is 4.70 Å². The van der Waals surface area contributed by atoms with E-state index in [-0.39, 0.29) is 16.9 Å². The number of nitrogens with zero attached hydrogens (tertiary/aromatic N) is 3. The molecule has 1 aliphatic rings. The lowest BCUT2D eigenvalue weighted by Gasteiger charge is -2.22. The van der Waals surface area contributed by atoms with Gasteiger partial charge in [0, 0.05) is 18.0 Å². The predicted molar refractivity (Wildman–Crippen MR) is 131 cm³/mol. The fourth-order valence-electron chi connectivity index (χ4n) is 4.08. The molecule has 9 heteroatoms. The molecule has 1 amide bonds. The fourth-order valence-corrected chi connectivity index (χ4v) is 5.10. The first-order valence-corrected chi connectivity index (χ1v) is 11.7. The second kappa shape index (κ2) is 8.92. The third-order valence-electron chi connectivity index (χ3n) is 5.74. The van der Waals surface area contributed by atoms with E-state index in [1.807, 2.05) is 13.0 Å². The zero-order valence-corrected chi connectivity index (χ0v) is 19.7. The highest BCUT2D eigenvalue weighted by Crippen LogP contribution is 2.44. The van der Waals surface area contributed by atoms with E-state index in [2.05, 4.69) is 9.97 Å². The molecule has 0 radical (unpaired) electrons. The molecule has 0 saturated carbocycles. The normalized spacial score (nSPS) is 17.3. The minimum atomic E-state index is -0.957. The van der Waals surface area contributed by atoms with Crippen molar-refractivity contribution in [1.29, 1.82) is 0 Å². The van der Waals surface area contributed by atoms with Crippen molar-refractivity contribution in [2.24, 2.45) is 0 Å². The number of carbonyl (C=O) groups is 2. The number of fused-ring (bicyclic) bond motifs is 1. The molecule has 35 heavy (non-hydrogen) atoms. The van der Waals surface area contributed by atoms with Crippen molar-refractivity contribution in [2.45, 2.75) is 19.9 Å². The number of carbonyl (C=O) groups excluding carboxylic acids is 2. The largest absolute Gasteiger partial charge is 0.507 e. The Balaban J connectivity index is 1.69. The molecule has 176 valence electrons. The van der Waals surface area contributed by atoms with E-state index in [0.29, 0.717) is 34.1 Å². The van der Waals surface area contributed by atoms with E-state index >= 15 is 0 Å². The van der Waals surface area contributed by atoms with Crippen molar-refractivity contribution >= 4 is 44.1 Å². The highest BCUT2D eigenvalue weighted by molar-refractivity contribution is 7.22. The maximum atomic E-state index is 13.8. The second-order valence-corrected chi connectivity index (χ2v) is 8.99. The van der Waals surface area contributed by atoms with Crippen LogP contribution in [0.15, 0.2) is 66.5 Å². The molecular weight excluding hydrogens is 469 g/mol. The standard InChI is InChI=1S/C26H20FN3O4S/c1-3-34-17-7-9-19-20(12-17)35-26(29-19)30-22(16-5-4-10-28-13-16)21(24(32)25(30)33)23(31)15-6-8-18(27)14(2)11-15/h4-13,22,31H,3H2,1-2H3/b23-21+. The molecule has 0 aliphatic carbocycles. The van der Waals surface area contributed by atoms with Gasteiger partial charge in [-0.1, -0.05) is 17.4 Å². The smallest absolute Gasteiger partial charge is 0.301 e. The first kappa shape index (κ1) is 22.7. The summed E-state index contributed by atoms with van der Waals surface area (Å²) >= 11 is 1.24. The summed E-state index contributed by atoms with van der Waals surface area (Å²) in [6, 6.07) is 11.9. The van der Waals surface area contributed by atoms with E-state index in [1.54, 1.807) is 37.4 Å². The van der Waals surface area contributed by atoms with Gasteiger partial charge in [-0.3, -0.25) is 19.5 Å². The molecule has 3 heterocycles. The van der Waals surface area contributed by atoms with Crippen LogP contribution < -0.4 is 9.64 Å². The summed E-state index contributed by atoms with van der Waals surface area (Å²) in [5.41, 5.74) is 1.61. The maximum absolute atomic E-state index is 13.8. The molecular formula is C26H20FN3O4S. The molecule has 5 rings (SSSR count). The second-order valence-electron chi connectivity index (χ2n) is 7.98. The van der Waals surface area contributed by atoms with Crippen LogP contribution in [0.5, 0.6) is 5.75 Å². The van der Waals surface area contributed by atoms with Gasteiger partial charge in [0.1, 0.15) is 17.3 Å². The molecule has 1 atom stereocenters. The number of benzene rings is 2. The van der Waals surface area contributed by atoms with Crippen molar-refractivity contribution in [3.63, 3.8) is 0 Å². The van der Waals surface area contributed by atoms with Crippen molar-refractivity contribution in [3.05, 3.63) is 89.0 Å². The number of amides is 1. The van der Waals surface area contributed by atoms with Gasteiger partial charge >= 0.3 is 5.91 Å². The summed E-state index contributed by atoms with van der Waals surface area (Å²) in [5, 5.41) is 11.5. The summed E-state index contributed by atoms with van der Waals surface area (Å²) in [6.07, 6.45) is 3.11. The molecule has 1 N–H and O–H groups in total. The number of Topliss-reactive ketones (excluding diaryl/α,β-unsaturated/α-hetero) is 1. The molecule has 0 bridgehead atoms. The minimum absolute atomic E-state index is 0.108. The summed E-state index contributed by atoms with van der Waals surface area (Å²) in [5.74, 6) is -1.82. The summed E-state index contributed by atoms with van der Waals surface area (Å²) < 4.78 is 20.2. The number of rotatable bonds is 5. The van der Waals surface area contributed by atoms with Gasteiger partial charge < -0.3 is 9.84 Å². The van der Waals surface area contributed by atoms with Gasteiger partial charge in [-0.05, 0) is 67.4 Å². The van der Waals surface area contributed by atoms with Crippen LogP contribution in [-0.4, -0.2) is 33.4 Å². The maximum Gasteiger partial charge on any atom is 0.301 e. The zero-order chi connectivity index (χ0) is 24.7. The third-order valence-corrected chi connectivity index (χ3v) is 6.76. The van der Waals surface area contributed by atoms with Crippen LogP contribution in [0, 0.1) is 12.7 Å². The first-order valence-electron chi connectivity index (χ1n) is 10.9. The topological polar surface area (TPSA) is 92.6 Å². The summed E-state index contributed by atoms with van der Waals surface area (Å²) in [7, 11) is 0. The Morgan fingerprint density at radius 1 is 1.20 bits per heavy atom. The van der Waals surface area contributed by atoms with Gasteiger partial charge in [0.2, 0.25) is 0 Å². The lowest BCUT2D eigenvalue weighted by molar-refractivity contribution is -0.132. The fraction of sp³-hybridized carbons (Fsp3) is 0.154. The quantitative estimate of drug-likeness (QED) is 0.236. The number of aliphatic hydroxyl groups is 1. The zero-order valence-electron chi connectivity index (χ0n) is 18.9. The average Bonchev–Trinajstić information content (AvgIpc) is 3.39. The van der Waals surface area contributed by atoms with Crippen LogP contribution in [-0.2, 0) is 9.59 Å².